The minimum absolute atomic E-state index is 0.0363. The number of hydrogen-bond donors (Lipinski definition) is 0. The van der Waals surface area contributed by atoms with Gasteiger partial charge in [0.1, 0.15) is 17.4 Å². The molecule has 2 unspecified atom stereocenters. The number of hydrogen-bond acceptors (Lipinski definition) is 4. The van der Waals surface area contributed by atoms with Crippen molar-refractivity contribution in [2.45, 2.75) is 25.6 Å². The molecule has 0 bridgehead atoms. The summed E-state index contributed by atoms with van der Waals surface area (Å²) in [6.45, 7) is 3.14. The number of aryl methyl sites for hydroxylation is 2. The summed E-state index contributed by atoms with van der Waals surface area (Å²) in [6.07, 6.45) is 0.688. The molecular formula is C21H24N2O3. The molecule has 4 rings (SSSR count). The van der Waals surface area contributed by atoms with Crippen LogP contribution in [0.4, 0.5) is 0 Å². The van der Waals surface area contributed by atoms with Crippen molar-refractivity contribution in [3.05, 3.63) is 59.4 Å². The quantitative estimate of drug-likeness (QED) is 0.648. The first kappa shape index (κ1) is 17.1. The maximum absolute atomic E-state index is 6.45. The number of nitrogens with zero attached hydrogens (tertiary/aromatic N) is 2. The Hall–Kier alpha value is -2.37. The van der Waals surface area contributed by atoms with Gasteiger partial charge in [0.2, 0.25) is 0 Å². The summed E-state index contributed by atoms with van der Waals surface area (Å²) in [7, 11) is 3.72. The standard InChI is InChI=1S/C21H24N2O3/c1-14-22-20-17(23(14)2)10-9-16-19(25-12-11-24-3)13-18(26-21(16)20)15-7-5-4-6-8-15/h4-10,18-19H,11-13H2,1-3H3. The molecule has 1 aliphatic rings. The molecule has 0 spiro atoms. The summed E-state index contributed by atoms with van der Waals surface area (Å²) in [5.41, 5.74) is 4.20. The lowest BCUT2D eigenvalue weighted by Crippen LogP contribution is -2.22. The van der Waals surface area contributed by atoms with Crippen LogP contribution in [-0.4, -0.2) is 29.9 Å². The SMILES string of the molecule is COCCOC1CC(c2ccccc2)Oc2c1ccc1c2nc(C)n1C. The largest absolute Gasteiger partial charge is 0.483 e. The van der Waals surface area contributed by atoms with Crippen LogP contribution in [0, 0.1) is 6.92 Å². The predicted molar refractivity (Wildman–Crippen MR) is 100 cm³/mol. The Balaban J connectivity index is 1.77. The van der Waals surface area contributed by atoms with Crippen LogP contribution in [0.1, 0.15) is 35.6 Å². The van der Waals surface area contributed by atoms with Gasteiger partial charge in [-0.25, -0.2) is 4.98 Å². The Morgan fingerprint density at radius 2 is 1.96 bits per heavy atom. The van der Waals surface area contributed by atoms with Gasteiger partial charge in [0.25, 0.3) is 0 Å². The molecule has 5 heteroatoms. The van der Waals surface area contributed by atoms with Crippen LogP contribution in [-0.2, 0) is 16.5 Å². The molecule has 2 heterocycles. The molecule has 3 aromatic rings. The fourth-order valence-electron chi connectivity index (χ4n) is 3.56. The van der Waals surface area contributed by atoms with Crippen molar-refractivity contribution in [2.24, 2.45) is 7.05 Å². The second-order valence-corrected chi connectivity index (χ2v) is 6.67. The Kier molecular flexibility index (Phi) is 4.66. The van der Waals surface area contributed by atoms with E-state index in [1.54, 1.807) is 7.11 Å². The van der Waals surface area contributed by atoms with Crippen LogP contribution in [0.3, 0.4) is 0 Å². The highest BCUT2D eigenvalue weighted by molar-refractivity contribution is 5.84. The monoisotopic (exact) mass is 352 g/mol. The summed E-state index contributed by atoms with van der Waals surface area (Å²) in [5, 5.41) is 0. The van der Waals surface area contributed by atoms with Crippen molar-refractivity contribution in [3.8, 4) is 5.75 Å². The Bertz CT molecular complexity index is 905. The summed E-state index contributed by atoms with van der Waals surface area (Å²) in [5.74, 6) is 1.81. The molecule has 0 amide bonds. The van der Waals surface area contributed by atoms with Crippen molar-refractivity contribution >= 4 is 11.0 Å². The second-order valence-electron chi connectivity index (χ2n) is 6.67. The summed E-state index contributed by atoms with van der Waals surface area (Å²) < 4.78 is 19.8. The van der Waals surface area contributed by atoms with Crippen LogP contribution in [0.2, 0.25) is 0 Å². The zero-order valence-electron chi connectivity index (χ0n) is 15.4. The number of aromatic nitrogens is 2. The van der Waals surface area contributed by atoms with E-state index >= 15 is 0 Å². The van der Waals surface area contributed by atoms with Crippen LogP contribution < -0.4 is 4.74 Å². The highest BCUT2D eigenvalue weighted by atomic mass is 16.5. The van der Waals surface area contributed by atoms with Gasteiger partial charge in [-0.1, -0.05) is 36.4 Å². The van der Waals surface area contributed by atoms with Crippen LogP contribution in [0.5, 0.6) is 5.75 Å². The molecule has 0 radical (unpaired) electrons. The lowest BCUT2D eigenvalue weighted by atomic mass is 9.94. The smallest absolute Gasteiger partial charge is 0.153 e. The summed E-state index contributed by atoms with van der Waals surface area (Å²) >= 11 is 0. The lowest BCUT2D eigenvalue weighted by Gasteiger charge is -2.32. The van der Waals surface area contributed by atoms with E-state index in [1.807, 2.05) is 32.2 Å². The Labute approximate surface area is 153 Å². The maximum Gasteiger partial charge on any atom is 0.153 e. The fraction of sp³-hybridized carbons (Fsp3) is 0.381. The molecule has 2 atom stereocenters. The number of benzene rings is 2. The molecule has 2 aromatic carbocycles. The van der Waals surface area contributed by atoms with Crippen molar-refractivity contribution < 1.29 is 14.2 Å². The topological polar surface area (TPSA) is 45.5 Å². The van der Waals surface area contributed by atoms with Gasteiger partial charge in [0, 0.05) is 26.1 Å². The van der Waals surface area contributed by atoms with Gasteiger partial charge in [0.05, 0.1) is 24.8 Å². The minimum atomic E-state index is -0.0517. The Morgan fingerprint density at radius 3 is 2.73 bits per heavy atom. The normalized spacial score (nSPS) is 19.3. The van der Waals surface area contributed by atoms with Gasteiger partial charge in [0.15, 0.2) is 5.75 Å². The third-order valence-electron chi connectivity index (χ3n) is 5.07. The number of fused-ring (bicyclic) bond motifs is 3. The zero-order chi connectivity index (χ0) is 18.1. The zero-order valence-corrected chi connectivity index (χ0v) is 15.4. The highest BCUT2D eigenvalue weighted by Gasteiger charge is 2.32. The molecule has 26 heavy (non-hydrogen) atoms. The Morgan fingerprint density at radius 1 is 1.15 bits per heavy atom. The molecule has 0 N–H and O–H groups in total. The van der Waals surface area contributed by atoms with E-state index in [0.29, 0.717) is 13.2 Å². The molecule has 0 aliphatic carbocycles. The van der Waals surface area contributed by atoms with Crippen molar-refractivity contribution in [3.63, 3.8) is 0 Å². The molecule has 5 nitrogen and oxygen atoms in total. The molecular weight excluding hydrogens is 328 g/mol. The summed E-state index contributed by atoms with van der Waals surface area (Å²) in [6, 6.07) is 14.5. The van der Waals surface area contributed by atoms with E-state index in [9.17, 15) is 0 Å². The van der Waals surface area contributed by atoms with Gasteiger partial charge < -0.3 is 18.8 Å². The van der Waals surface area contributed by atoms with Crippen LogP contribution >= 0.6 is 0 Å². The van der Waals surface area contributed by atoms with Gasteiger partial charge in [-0.2, -0.15) is 0 Å². The number of ether oxygens (including phenoxy) is 3. The first-order chi connectivity index (χ1) is 12.7. The third kappa shape index (κ3) is 2.97. The summed E-state index contributed by atoms with van der Waals surface area (Å²) in [4.78, 5) is 4.74. The second kappa shape index (κ2) is 7.09. The van der Waals surface area contributed by atoms with Gasteiger partial charge in [-0.3, -0.25) is 0 Å². The number of imidazole rings is 1. The molecule has 0 saturated carbocycles. The van der Waals surface area contributed by atoms with Crippen LogP contribution in [0.25, 0.3) is 11.0 Å². The predicted octanol–water partition coefficient (Wildman–Crippen LogP) is 4.11. The van der Waals surface area contributed by atoms with E-state index in [-0.39, 0.29) is 12.2 Å². The number of methoxy groups -OCH3 is 1. The first-order valence-corrected chi connectivity index (χ1v) is 8.97. The fourth-order valence-corrected chi connectivity index (χ4v) is 3.56. The van der Waals surface area contributed by atoms with Crippen LogP contribution in [0.15, 0.2) is 42.5 Å². The molecule has 0 saturated heterocycles. The van der Waals surface area contributed by atoms with E-state index < -0.39 is 0 Å². The number of rotatable bonds is 5. The van der Waals surface area contributed by atoms with E-state index in [1.165, 1.54) is 0 Å². The maximum atomic E-state index is 6.45. The average Bonchev–Trinajstić information content (AvgIpc) is 2.97. The molecule has 136 valence electrons. The van der Waals surface area contributed by atoms with Gasteiger partial charge in [-0.05, 0) is 18.6 Å². The minimum Gasteiger partial charge on any atom is -0.483 e. The molecule has 1 aromatic heterocycles. The first-order valence-electron chi connectivity index (χ1n) is 8.97. The van der Waals surface area contributed by atoms with Crippen molar-refractivity contribution in [1.29, 1.82) is 0 Å². The third-order valence-corrected chi connectivity index (χ3v) is 5.07. The van der Waals surface area contributed by atoms with Crippen molar-refractivity contribution in [2.75, 3.05) is 20.3 Å². The highest BCUT2D eigenvalue weighted by Crippen LogP contribution is 2.45. The van der Waals surface area contributed by atoms with E-state index in [0.717, 1.165) is 40.2 Å². The van der Waals surface area contributed by atoms with Gasteiger partial charge >= 0.3 is 0 Å². The van der Waals surface area contributed by atoms with Crippen molar-refractivity contribution in [1.82, 2.24) is 9.55 Å². The molecule has 1 aliphatic heterocycles. The van der Waals surface area contributed by atoms with E-state index in [2.05, 4.69) is 28.8 Å². The van der Waals surface area contributed by atoms with Gasteiger partial charge in [-0.15, -0.1) is 0 Å². The lowest BCUT2D eigenvalue weighted by molar-refractivity contribution is -0.0201. The van der Waals surface area contributed by atoms with E-state index in [4.69, 9.17) is 19.2 Å². The molecule has 0 fully saturated rings. The average molecular weight is 352 g/mol.